The molecule has 0 unspecified atom stereocenters. The smallest absolute Gasteiger partial charge is 0.228 e. The molecule has 0 saturated heterocycles. The molecule has 2 aromatic rings. The molecule has 1 heterocycles. The molecule has 11 heteroatoms. The lowest BCUT2D eigenvalue weighted by atomic mass is 10.2. The molecule has 5 nitrogen and oxygen atoms in total. The molecule has 0 N–H and O–H groups in total. The van der Waals surface area contributed by atoms with Crippen molar-refractivity contribution in [3.8, 4) is 5.69 Å². The van der Waals surface area contributed by atoms with Gasteiger partial charge < -0.3 is 0 Å². The van der Waals surface area contributed by atoms with Crippen LogP contribution in [0, 0.1) is 0 Å². The highest BCUT2D eigenvalue weighted by Crippen LogP contribution is 2.36. The van der Waals surface area contributed by atoms with Crippen molar-refractivity contribution in [3.05, 3.63) is 52.2 Å². The fourth-order valence-corrected chi connectivity index (χ4v) is 1.63. The van der Waals surface area contributed by atoms with Gasteiger partial charge in [0.2, 0.25) is 0 Å². The number of aromatic nitrogens is 2. The Balaban J connectivity index is 2.58. The second-order valence-electron chi connectivity index (χ2n) is 4.03. The molecule has 22 heavy (non-hydrogen) atoms. The van der Waals surface area contributed by atoms with Gasteiger partial charge in [-0.15, -0.1) is 0 Å². The third-order valence-electron chi connectivity index (χ3n) is 2.54. The molecule has 0 bridgehead atoms. The zero-order valence-electron chi connectivity index (χ0n) is 10.4. The maximum Gasteiger partial charge on any atom is 0.435 e. The number of hydrogen-bond acceptors (Lipinski definition) is 2. The number of benzene rings is 1. The summed E-state index contributed by atoms with van der Waals surface area (Å²) in [6.07, 6.45) is -10.0. The van der Waals surface area contributed by atoms with Gasteiger partial charge in [-0.05, 0) is 17.7 Å². The van der Waals surface area contributed by atoms with Crippen molar-refractivity contribution in [3.63, 3.8) is 0 Å². The predicted octanol–water partition coefficient (Wildman–Crippen LogP) is 4.85. The molecular formula is C11H5F6N5. The Hall–Kier alpha value is -2.68. The van der Waals surface area contributed by atoms with Crippen LogP contribution in [0.5, 0.6) is 0 Å². The van der Waals surface area contributed by atoms with Crippen molar-refractivity contribution in [1.82, 2.24) is 9.78 Å². The van der Waals surface area contributed by atoms with E-state index in [0.29, 0.717) is 0 Å². The van der Waals surface area contributed by atoms with Crippen LogP contribution in [0.4, 0.5) is 32.0 Å². The van der Waals surface area contributed by atoms with E-state index in [4.69, 9.17) is 5.53 Å². The van der Waals surface area contributed by atoms with Crippen LogP contribution in [0.25, 0.3) is 16.1 Å². The maximum absolute atomic E-state index is 12.8. The van der Waals surface area contributed by atoms with E-state index >= 15 is 0 Å². The van der Waals surface area contributed by atoms with Gasteiger partial charge in [0.15, 0.2) is 5.69 Å². The molecule has 0 amide bonds. The number of rotatable bonds is 2. The van der Waals surface area contributed by atoms with E-state index in [1.807, 2.05) is 0 Å². The van der Waals surface area contributed by atoms with Crippen molar-refractivity contribution >= 4 is 5.69 Å². The van der Waals surface area contributed by atoms with Crippen LogP contribution in [0.3, 0.4) is 0 Å². The van der Waals surface area contributed by atoms with Gasteiger partial charge in [-0.2, -0.15) is 31.4 Å². The maximum atomic E-state index is 12.8. The number of halogens is 6. The summed E-state index contributed by atoms with van der Waals surface area (Å²) in [6.45, 7) is 0. The number of alkyl halides is 6. The fraction of sp³-hybridized carbons (Fsp3) is 0.182. The Bertz CT molecular complexity index is 721. The van der Waals surface area contributed by atoms with Gasteiger partial charge in [0, 0.05) is 16.7 Å². The average Bonchev–Trinajstić information content (AvgIpc) is 2.85. The van der Waals surface area contributed by atoms with Crippen LogP contribution >= 0.6 is 0 Å². The lowest BCUT2D eigenvalue weighted by molar-refractivity contribution is -0.143. The van der Waals surface area contributed by atoms with Gasteiger partial charge in [0.1, 0.15) is 5.69 Å². The summed E-state index contributed by atoms with van der Waals surface area (Å²) in [4.78, 5) is 2.48. The van der Waals surface area contributed by atoms with Crippen LogP contribution in [-0.2, 0) is 12.4 Å². The summed E-state index contributed by atoms with van der Waals surface area (Å²) in [6, 6.07) is 4.37. The zero-order valence-corrected chi connectivity index (χ0v) is 10.4. The Kier molecular flexibility index (Phi) is 3.76. The van der Waals surface area contributed by atoms with Crippen LogP contribution in [0.15, 0.2) is 35.4 Å². The first kappa shape index (κ1) is 15.7. The standard InChI is InChI=1S/C11H5F6N5/c12-10(13,14)8-5-9(11(15,16)17)22(20-8)7-3-1-6(2-4-7)19-21-18/h1-5H. The number of hydrogen-bond donors (Lipinski definition) is 0. The Morgan fingerprint density at radius 1 is 1.00 bits per heavy atom. The van der Waals surface area contributed by atoms with Gasteiger partial charge in [-0.3, -0.25) is 0 Å². The summed E-state index contributed by atoms with van der Waals surface area (Å²) in [5.74, 6) is 0. The first-order valence-corrected chi connectivity index (χ1v) is 5.53. The van der Waals surface area contributed by atoms with E-state index in [-0.39, 0.29) is 22.1 Å². The molecule has 0 spiro atoms. The van der Waals surface area contributed by atoms with E-state index in [2.05, 4.69) is 15.1 Å². The highest BCUT2D eigenvalue weighted by molar-refractivity contribution is 5.45. The summed E-state index contributed by atoms with van der Waals surface area (Å²) >= 11 is 0. The molecular weight excluding hydrogens is 316 g/mol. The molecule has 1 aromatic carbocycles. The Morgan fingerprint density at radius 3 is 2.05 bits per heavy atom. The molecule has 0 radical (unpaired) electrons. The van der Waals surface area contributed by atoms with Gasteiger partial charge in [-0.25, -0.2) is 4.68 Å². The fourth-order valence-electron chi connectivity index (χ4n) is 1.63. The molecule has 0 aliphatic heterocycles. The minimum absolute atomic E-state index is 0.0681. The molecule has 0 fully saturated rings. The van der Waals surface area contributed by atoms with Crippen LogP contribution in [0.1, 0.15) is 11.4 Å². The monoisotopic (exact) mass is 321 g/mol. The number of azide groups is 1. The van der Waals surface area contributed by atoms with Crippen LogP contribution < -0.4 is 0 Å². The lowest BCUT2D eigenvalue weighted by Gasteiger charge is -2.10. The predicted molar refractivity (Wildman–Crippen MR) is 62.4 cm³/mol. The van der Waals surface area contributed by atoms with E-state index in [0.717, 1.165) is 24.3 Å². The van der Waals surface area contributed by atoms with E-state index in [9.17, 15) is 26.3 Å². The number of nitrogens with zero attached hydrogens (tertiary/aromatic N) is 5. The van der Waals surface area contributed by atoms with Crippen molar-refractivity contribution in [2.75, 3.05) is 0 Å². The molecule has 116 valence electrons. The summed E-state index contributed by atoms with van der Waals surface area (Å²) in [7, 11) is 0. The molecule has 0 atom stereocenters. The van der Waals surface area contributed by atoms with Crippen LogP contribution in [-0.4, -0.2) is 9.78 Å². The third-order valence-corrected chi connectivity index (χ3v) is 2.54. The second kappa shape index (κ2) is 5.26. The largest absolute Gasteiger partial charge is 0.435 e. The molecule has 2 rings (SSSR count). The highest BCUT2D eigenvalue weighted by atomic mass is 19.4. The lowest BCUT2D eigenvalue weighted by Crippen LogP contribution is -2.13. The first-order valence-electron chi connectivity index (χ1n) is 5.53. The van der Waals surface area contributed by atoms with Gasteiger partial charge in [-0.1, -0.05) is 17.2 Å². The van der Waals surface area contributed by atoms with E-state index in [1.165, 1.54) is 0 Å². The Morgan fingerprint density at radius 2 is 1.59 bits per heavy atom. The quantitative estimate of drug-likeness (QED) is 0.337. The third kappa shape index (κ3) is 3.14. The van der Waals surface area contributed by atoms with Crippen molar-refractivity contribution < 1.29 is 26.3 Å². The highest BCUT2D eigenvalue weighted by Gasteiger charge is 2.42. The topological polar surface area (TPSA) is 66.6 Å². The minimum Gasteiger partial charge on any atom is -0.228 e. The van der Waals surface area contributed by atoms with Crippen molar-refractivity contribution in [1.29, 1.82) is 0 Å². The molecule has 0 aliphatic carbocycles. The SMILES string of the molecule is [N-]=[N+]=Nc1ccc(-n2nc(C(F)(F)F)cc2C(F)(F)F)cc1. The second-order valence-corrected chi connectivity index (χ2v) is 4.03. The molecule has 0 saturated carbocycles. The minimum atomic E-state index is -5.01. The van der Waals surface area contributed by atoms with Gasteiger partial charge in [0.05, 0.1) is 5.69 Å². The van der Waals surface area contributed by atoms with Crippen molar-refractivity contribution in [2.45, 2.75) is 12.4 Å². The normalized spacial score (nSPS) is 12.1. The summed E-state index contributed by atoms with van der Waals surface area (Å²) in [5.41, 5.74) is 4.85. The average molecular weight is 321 g/mol. The van der Waals surface area contributed by atoms with Gasteiger partial charge >= 0.3 is 12.4 Å². The first-order chi connectivity index (χ1) is 10.1. The summed E-state index contributed by atoms with van der Waals surface area (Å²) in [5, 5.41) is 6.17. The van der Waals surface area contributed by atoms with E-state index < -0.39 is 23.7 Å². The molecule has 0 aliphatic rings. The zero-order chi connectivity index (χ0) is 16.5. The Labute approximate surface area is 118 Å². The van der Waals surface area contributed by atoms with Crippen molar-refractivity contribution in [2.24, 2.45) is 5.11 Å². The van der Waals surface area contributed by atoms with E-state index in [1.54, 1.807) is 0 Å². The molecule has 1 aromatic heterocycles. The summed E-state index contributed by atoms with van der Waals surface area (Å²) < 4.78 is 76.3. The van der Waals surface area contributed by atoms with Crippen LogP contribution in [0.2, 0.25) is 0 Å². The van der Waals surface area contributed by atoms with Gasteiger partial charge in [0.25, 0.3) is 0 Å².